The van der Waals surface area contributed by atoms with Gasteiger partial charge in [-0.15, -0.1) is 0 Å². The Morgan fingerprint density at radius 3 is 2.35 bits per heavy atom. The molecule has 0 fully saturated rings. The van der Waals surface area contributed by atoms with Crippen LogP contribution in [0.25, 0.3) is 0 Å². The quantitative estimate of drug-likeness (QED) is 0.855. The van der Waals surface area contributed by atoms with Crippen LogP contribution < -0.4 is 5.32 Å². The number of aromatic nitrogens is 3. The van der Waals surface area contributed by atoms with Gasteiger partial charge in [-0.05, 0) is 39.2 Å². The molecule has 0 radical (unpaired) electrons. The summed E-state index contributed by atoms with van der Waals surface area (Å²) in [5.41, 5.74) is 0.444. The van der Waals surface area contributed by atoms with E-state index in [1.165, 1.54) is 0 Å². The third-order valence-electron chi connectivity index (χ3n) is 2.90. The summed E-state index contributed by atoms with van der Waals surface area (Å²) < 4.78 is 1.86. The van der Waals surface area contributed by atoms with Crippen LogP contribution in [0.1, 0.15) is 46.9 Å². The van der Waals surface area contributed by atoms with Gasteiger partial charge in [0.1, 0.15) is 12.2 Å². The zero-order valence-electron chi connectivity index (χ0n) is 12.0. The van der Waals surface area contributed by atoms with E-state index in [2.05, 4.69) is 50.0 Å². The predicted molar refractivity (Wildman–Crippen MR) is 70.9 cm³/mol. The topological polar surface area (TPSA) is 42.7 Å². The van der Waals surface area contributed by atoms with E-state index in [0.717, 1.165) is 25.2 Å². The van der Waals surface area contributed by atoms with Gasteiger partial charge in [0.15, 0.2) is 0 Å². The van der Waals surface area contributed by atoms with Gasteiger partial charge in [0.2, 0.25) is 0 Å². The number of hydrogen-bond donors (Lipinski definition) is 1. The predicted octanol–water partition coefficient (Wildman–Crippen LogP) is 2.16. The van der Waals surface area contributed by atoms with Gasteiger partial charge in [-0.25, -0.2) is 4.98 Å². The second-order valence-electron chi connectivity index (χ2n) is 6.57. The van der Waals surface area contributed by atoms with Crippen molar-refractivity contribution in [2.24, 2.45) is 12.5 Å². The summed E-state index contributed by atoms with van der Waals surface area (Å²) >= 11 is 0. The molecule has 0 aliphatic heterocycles. The SMILES string of the molecule is Cn1ncnc1CC(C)(C)CCNC(C)(C)C. The van der Waals surface area contributed by atoms with Crippen molar-refractivity contribution < 1.29 is 0 Å². The minimum Gasteiger partial charge on any atom is -0.312 e. The van der Waals surface area contributed by atoms with Crippen LogP contribution >= 0.6 is 0 Å². The Kier molecular flexibility index (Phi) is 4.31. The number of rotatable bonds is 5. The molecule has 0 amide bonds. The van der Waals surface area contributed by atoms with Crippen LogP contribution in [0.5, 0.6) is 0 Å². The number of hydrogen-bond acceptors (Lipinski definition) is 3. The molecular weight excluding hydrogens is 212 g/mol. The zero-order valence-corrected chi connectivity index (χ0v) is 12.0. The average Bonchev–Trinajstić information content (AvgIpc) is 2.48. The van der Waals surface area contributed by atoms with Crippen LogP contribution in [-0.4, -0.2) is 26.8 Å². The fourth-order valence-corrected chi connectivity index (χ4v) is 1.77. The highest BCUT2D eigenvalue weighted by Crippen LogP contribution is 2.24. The molecule has 0 bridgehead atoms. The summed E-state index contributed by atoms with van der Waals surface area (Å²) in [6.07, 6.45) is 3.73. The van der Waals surface area contributed by atoms with Crippen molar-refractivity contribution in [1.29, 1.82) is 0 Å². The Labute approximate surface area is 105 Å². The van der Waals surface area contributed by atoms with Gasteiger partial charge in [-0.3, -0.25) is 4.68 Å². The monoisotopic (exact) mass is 238 g/mol. The van der Waals surface area contributed by atoms with Crippen molar-refractivity contribution in [2.75, 3.05) is 6.54 Å². The lowest BCUT2D eigenvalue weighted by Gasteiger charge is -2.27. The summed E-state index contributed by atoms with van der Waals surface area (Å²) in [5, 5.41) is 7.64. The minimum absolute atomic E-state index is 0.195. The van der Waals surface area contributed by atoms with E-state index >= 15 is 0 Å². The van der Waals surface area contributed by atoms with E-state index < -0.39 is 0 Å². The smallest absolute Gasteiger partial charge is 0.138 e. The van der Waals surface area contributed by atoms with E-state index in [1.54, 1.807) is 6.33 Å². The summed E-state index contributed by atoms with van der Waals surface area (Å²) in [7, 11) is 1.95. The van der Waals surface area contributed by atoms with Crippen LogP contribution in [0, 0.1) is 5.41 Å². The van der Waals surface area contributed by atoms with E-state index in [4.69, 9.17) is 0 Å². The first-order valence-electron chi connectivity index (χ1n) is 6.28. The summed E-state index contributed by atoms with van der Waals surface area (Å²) in [5.74, 6) is 1.06. The maximum atomic E-state index is 4.29. The Morgan fingerprint density at radius 2 is 1.88 bits per heavy atom. The molecule has 0 atom stereocenters. The molecule has 0 aliphatic rings. The summed E-state index contributed by atoms with van der Waals surface area (Å²) in [6.45, 7) is 12.2. The number of aryl methyl sites for hydroxylation is 1. The van der Waals surface area contributed by atoms with Crippen molar-refractivity contribution in [1.82, 2.24) is 20.1 Å². The first-order valence-corrected chi connectivity index (χ1v) is 6.28. The molecule has 0 saturated heterocycles. The lowest BCUT2D eigenvalue weighted by molar-refractivity contribution is 0.294. The van der Waals surface area contributed by atoms with Crippen molar-refractivity contribution >= 4 is 0 Å². The van der Waals surface area contributed by atoms with Gasteiger partial charge in [0.25, 0.3) is 0 Å². The molecule has 0 aliphatic carbocycles. The van der Waals surface area contributed by atoms with Gasteiger partial charge in [0, 0.05) is 19.0 Å². The van der Waals surface area contributed by atoms with E-state index in [1.807, 2.05) is 11.7 Å². The molecule has 98 valence electrons. The van der Waals surface area contributed by atoms with Gasteiger partial charge in [-0.2, -0.15) is 5.10 Å². The Balaban J connectivity index is 2.44. The maximum absolute atomic E-state index is 4.29. The first-order chi connectivity index (χ1) is 7.70. The molecule has 1 N–H and O–H groups in total. The molecular formula is C13H26N4. The fraction of sp³-hybridized carbons (Fsp3) is 0.846. The Hall–Kier alpha value is -0.900. The van der Waals surface area contributed by atoms with Gasteiger partial charge in [-0.1, -0.05) is 13.8 Å². The van der Waals surface area contributed by atoms with E-state index in [9.17, 15) is 0 Å². The van der Waals surface area contributed by atoms with Crippen molar-refractivity contribution in [3.05, 3.63) is 12.2 Å². The van der Waals surface area contributed by atoms with Gasteiger partial charge < -0.3 is 5.32 Å². The molecule has 1 heterocycles. The lowest BCUT2D eigenvalue weighted by Crippen LogP contribution is -2.38. The molecule has 0 aromatic carbocycles. The molecule has 1 aromatic rings. The molecule has 4 heteroatoms. The minimum atomic E-state index is 0.195. The standard InChI is InChI=1S/C13H26N4/c1-12(2,3)15-8-7-13(4,5)9-11-14-10-16-17(11)6/h10,15H,7-9H2,1-6H3. The van der Waals surface area contributed by atoms with Crippen LogP contribution in [0.15, 0.2) is 6.33 Å². The van der Waals surface area contributed by atoms with Crippen molar-refractivity contribution in [3.8, 4) is 0 Å². The largest absolute Gasteiger partial charge is 0.312 e. The van der Waals surface area contributed by atoms with Crippen molar-refractivity contribution in [2.45, 2.75) is 53.0 Å². The molecule has 1 rings (SSSR count). The first kappa shape index (κ1) is 14.2. The normalized spacial score (nSPS) is 13.1. The maximum Gasteiger partial charge on any atom is 0.138 e. The zero-order chi connectivity index (χ0) is 13.1. The van der Waals surface area contributed by atoms with Crippen LogP contribution in [0.4, 0.5) is 0 Å². The van der Waals surface area contributed by atoms with E-state index in [-0.39, 0.29) is 11.0 Å². The Bertz CT molecular complexity index is 347. The summed E-state index contributed by atoms with van der Waals surface area (Å²) in [4.78, 5) is 4.29. The van der Waals surface area contributed by atoms with Crippen LogP contribution in [0.2, 0.25) is 0 Å². The number of nitrogens with one attached hydrogen (secondary N) is 1. The molecule has 0 unspecified atom stereocenters. The second kappa shape index (κ2) is 5.17. The molecule has 1 aromatic heterocycles. The second-order valence-corrected chi connectivity index (χ2v) is 6.57. The number of nitrogens with zero attached hydrogens (tertiary/aromatic N) is 3. The molecule has 4 nitrogen and oxygen atoms in total. The molecule has 0 saturated carbocycles. The van der Waals surface area contributed by atoms with Crippen molar-refractivity contribution in [3.63, 3.8) is 0 Å². The third kappa shape index (κ3) is 5.31. The highest BCUT2D eigenvalue weighted by atomic mass is 15.3. The molecule has 0 spiro atoms. The highest BCUT2D eigenvalue weighted by Gasteiger charge is 2.21. The Morgan fingerprint density at radius 1 is 1.24 bits per heavy atom. The average molecular weight is 238 g/mol. The van der Waals surface area contributed by atoms with E-state index in [0.29, 0.717) is 0 Å². The lowest BCUT2D eigenvalue weighted by atomic mass is 9.85. The van der Waals surface area contributed by atoms with Gasteiger partial charge in [0.05, 0.1) is 0 Å². The fourth-order valence-electron chi connectivity index (χ4n) is 1.77. The summed E-state index contributed by atoms with van der Waals surface area (Å²) in [6, 6.07) is 0. The highest BCUT2D eigenvalue weighted by molar-refractivity contribution is 4.90. The van der Waals surface area contributed by atoms with Crippen LogP contribution in [-0.2, 0) is 13.5 Å². The van der Waals surface area contributed by atoms with Gasteiger partial charge >= 0.3 is 0 Å². The van der Waals surface area contributed by atoms with Crippen LogP contribution in [0.3, 0.4) is 0 Å². The molecule has 17 heavy (non-hydrogen) atoms. The third-order valence-corrected chi connectivity index (χ3v) is 2.90.